The van der Waals surface area contributed by atoms with Gasteiger partial charge >= 0.3 is 5.97 Å². The van der Waals surface area contributed by atoms with Gasteiger partial charge in [0.1, 0.15) is 17.3 Å². The summed E-state index contributed by atoms with van der Waals surface area (Å²) in [5, 5.41) is 28.4. The number of aryl methyl sites for hydroxylation is 3. The molecule has 0 amide bonds. The minimum atomic E-state index is -1.02. The summed E-state index contributed by atoms with van der Waals surface area (Å²) in [4.78, 5) is 41.3. The first-order valence-corrected chi connectivity index (χ1v) is 8.59. The van der Waals surface area contributed by atoms with Crippen LogP contribution in [0.4, 0.5) is 5.69 Å². The van der Waals surface area contributed by atoms with Crippen LogP contribution in [0.1, 0.15) is 23.8 Å². The van der Waals surface area contributed by atoms with Crippen LogP contribution in [0, 0.1) is 24.0 Å². The summed E-state index contributed by atoms with van der Waals surface area (Å²) in [5.41, 5.74) is 0.759. The molecule has 0 saturated carbocycles. The quantitative estimate of drug-likeness (QED) is 0.376. The number of fused-ring (bicyclic) bond motifs is 3. The van der Waals surface area contributed by atoms with Crippen LogP contribution in [0.5, 0.6) is 0 Å². The highest BCUT2D eigenvalue weighted by Crippen LogP contribution is 2.29. The highest BCUT2D eigenvalue weighted by molar-refractivity contribution is 5.84. The third-order valence-electron chi connectivity index (χ3n) is 4.54. The van der Waals surface area contributed by atoms with Gasteiger partial charge < -0.3 is 10.1 Å². The molecule has 0 unspecified atom stereocenters. The molecule has 0 bridgehead atoms. The van der Waals surface area contributed by atoms with Crippen molar-refractivity contribution in [3.05, 3.63) is 56.1 Å². The number of H-pyrrole nitrogens is 1. The molecular weight excluding hydrogens is 382 g/mol. The van der Waals surface area contributed by atoms with E-state index in [0.717, 1.165) is 0 Å². The average Bonchev–Trinajstić information content (AvgIpc) is 3.22. The summed E-state index contributed by atoms with van der Waals surface area (Å²) in [6, 6.07) is 2.80. The minimum Gasteiger partial charge on any atom is -0.481 e. The first-order valence-electron chi connectivity index (χ1n) is 8.59. The molecule has 4 rings (SSSR count). The second-order valence-corrected chi connectivity index (χ2v) is 6.54. The average molecular weight is 397 g/mol. The van der Waals surface area contributed by atoms with Gasteiger partial charge in [0, 0.05) is 18.7 Å². The molecule has 12 heteroatoms. The molecule has 3 aromatic heterocycles. The predicted octanol–water partition coefficient (Wildman–Crippen LogP) is 1.30. The van der Waals surface area contributed by atoms with Gasteiger partial charge in [-0.3, -0.25) is 28.7 Å². The first kappa shape index (κ1) is 18.3. The SMILES string of the molecule is Cc1cn(-c2cc3c(cc2[N+](=O)[O-])[nH]c(=O)c2nnc(CCC(=O)O)n23)c(C)n1. The van der Waals surface area contributed by atoms with Gasteiger partial charge in [-0.15, -0.1) is 10.2 Å². The number of nitro groups is 1. The fraction of sp³-hybridized carbons (Fsp3) is 0.235. The Bertz CT molecular complexity index is 1360. The minimum absolute atomic E-state index is 0.0174. The number of imidazole rings is 1. The molecule has 0 spiro atoms. The van der Waals surface area contributed by atoms with Crippen molar-refractivity contribution >= 4 is 28.3 Å². The molecule has 0 aliphatic rings. The molecule has 148 valence electrons. The molecule has 0 aliphatic heterocycles. The van der Waals surface area contributed by atoms with E-state index in [0.29, 0.717) is 17.0 Å². The van der Waals surface area contributed by atoms with Crippen LogP contribution >= 0.6 is 0 Å². The summed E-state index contributed by atoms with van der Waals surface area (Å²) in [6.45, 7) is 3.50. The number of carbonyl (C=O) groups is 1. The number of nitro benzene ring substituents is 1. The Hall–Kier alpha value is -4.09. The van der Waals surface area contributed by atoms with Gasteiger partial charge in [-0.2, -0.15) is 0 Å². The maximum atomic E-state index is 12.4. The van der Waals surface area contributed by atoms with E-state index in [9.17, 15) is 19.7 Å². The molecule has 0 radical (unpaired) electrons. The molecule has 0 saturated heterocycles. The lowest BCUT2D eigenvalue weighted by Gasteiger charge is -2.10. The van der Waals surface area contributed by atoms with Crippen molar-refractivity contribution in [1.82, 2.24) is 29.1 Å². The number of aromatic amines is 1. The Morgan fingerprint density at radius 2 is 2.07 bits per heavy atom. The second-order valence-electron chi connectivity index (χ2n) is 6.54. The Morgan fingerprint density at radius 3 is 2.69 bits per heavy atom. The molecular formula is C17H15N7O5. The van der Waals surface area contributed by atoms with E-state index in [1.807, 2.05) is 0 Å². The smallest absolute Gasteiger partial charge is 0.303 e. The normalized spacial score (nSPS) is 11.4. The van der Waals surface area contributed by atoms with Gasteiger partial charge in [0.2, 0.25) is 5.65 Å². The molecule has 2 N–H and O–H groups in total. The summed E-state index contributed by atoms with van der Waals surface area (Å²) in [7, 11) is 0. The van der Waals surface area contributed by atoms with E-state index in [-0.39, 0.29) is 41.2 Å². The fourth-order valence-electron chi connectivity index (χ4n) is 3.33. The van der Waals surface area contributed by atoms with Crippen molar-refractivity contribution in [2.45, 2.75) is 26.7 Å². The summed E-state index contributed by atoms with van der Waals surface area (Å²) >= 11 is 0. The lowest BCUT2D eigenvalue weighted by Crippen LogP contribution is -2.13. The van der Waals surface area contributed by atoms with Gasteiger partial charge in [0.05, 0.1) is 28.1 Å². The number of carboxylic acids is 1. The molecule has 3 heterocycles. The van der Waals surface area contributed by atoms with Gasteiger partial charge in [-0.1, -0.05) is 0 Å². The monoisotopic (exact) mass is 397 g/mol. The Labute approximate surface area is 161 Å². The van der Waals surface area contributed by atoms with E-state index in [1.165, 1.54) is 16.5 Å². The topological polar surface area (TPSA) is 161 Å². The van der Waals surface area contributed by atoms with Crippen LogP contribution in [0.25, 0.3) is 22.4 Å². The van der Waals surface area contributed by atoms with Crippen molar-refractivity contribution in [2.24, 2.45) is 0 Å². The number of hydrogen-bond acceptors (Lipinski definition) is 7. The zero-order valence-corrected chi connectivity index (χ0v) is 15.4. The molecule has 0 fully saturated rings. The Balaban J connectivity index is 2.08. The number of nitrogens with one attached hydrogen (secondary N) is 1. The molecule has 0 aliphatic carbocycles. The van der Waals surface area contributed by atoms with Gasteiger partial charge in [-0.25, -0.2) is 4.98 Å². The van der Waals surface area contributed by atoms with Gasteiger partial charge in [0.15, 0.2) is 0 Å². The number of nitrogens with zero attached hydrogens (tertiary/aromatic N) is 6. The van der Waals surface area contributed by atoms with Crippen molar-refractivity contribution in [1.29, 1.82) is 0 Å². The van der Waals surface area contributed by atoms with E-state index in [4.69, 9.17) is 5.11 Å². The molecule has 0 atom stereocenters. The van der Waals surface area contributed by atoms with Gasteiger partial charge in [0.25, 0.3) is 11.2 Å². The maximum absolute atomic E-state index is 12.4. The molecule has 4 aromatic rings. The van der Waals surface area contributed by atoms with Crippen LogP contribution < -0.4 is 5.56 Å². The number of carboxylic acid groups (broad SMARTS) is 1. The van der Waals surface area contributed by atoms with Crippen molar-refractivity contribution < 1.29 is 14.8 Å². The number of aliphatic carboxylic acids is 1. The third kappa shape index (κ3) is 2.99. The summed E-state index contributed by atoms with van der Waals surface area (Å²) in [5.74, 6) is -0.186. The van der Waals surface area contributed by atoms with E-state index in [1.54, 1.807) is 24.6 Å². The first-order chi connectivity index (χ1) is 13.8. The van der Waals surface area contributed by atoms with E-state index < -0.39 is 16.5 Å². The lowest BCUT2D eigenvalue weighted by molar-refractivity contribution is -0.384. The molecule has 12 nitrogen and oxygen atoms in total. The number of aromatic nitrogens is 6. The largest absolute Gasteiger partial charge is 0.481 e. The molecule has 29 heavy (non-hydrogen) atoms. The lowest BCUT2D eigenvalue weighted by atomic mass is 10.2. The predicted molar refractivity (Wildman–Crippen MR) is 100 cm³/mol. The van der Waals surface area contributed by atoms with Gasteiger partial charge in [-0.05, 0) is 19.9 Å². The third-order valence-corrected chi connectivity index (χ3v) is 4.54. The van der Waals surface area contributed by atoms with Crippen LogP contribution in [-0.4, -0.2) is 45.1 Å². The van der Waals surface area contributed by atoms with Crippen molar-refractivity contribution in [3.8, 4) is 5.69 Å². The molecule has 1 aromatic carbocycles. The van der Waals surface area contributed by atoms with Crippen LogP contribution in [-0.2, 0) is 11.2 Å². The second kappa shape index (κ2) is 6.51. The Kier molecular flexibility index (Phi) is 4.10. The maximum Gasteiger partial charge on any atom is 0.303 e. The summed E-state index contributed by atoms with van der Waals surface area (Å²) in [6.07, 6.45) is 1.52. The van der Waals surface area contributed by atoms with E-state index >= 15 is 0 Å². The van der Waals surface area contributed by atoms with Crippen LogP contribution in [0.15, 0.2) is 23.1 Å². The number of hydrogen-bond donors (Lipinski definition) is 2. The van der Waals surface area contributed by atoms with Crippen molar-refractivity contribution in [3.63, 3.8) is 0 Å². The highest BCUT2D eigenvalue weighted by atomic mass is 16.6. The zero-order chi connectivity index (χ0) is 20.9. The van der Waals surface area contributed by atoms with Crippen molar-refractivity contribution in [2.75, 3.05) is 0 Å². The highest BCUT2D eigenvalue weighted by Gasteiger charge is 2.22. The standard InChI is InChI=1S/C17H15N7O5/c1-8-7-22(9(2)18-8)12-6-11-10(5-13(12)24(28)29)19-17(27)16-21-20-14(23(11)16)3-4-15(25)26/h5-7H,3-4H2,1-2H3,(H,19,27)(H,25,26). The number of benzene rings is 1. The van der Waals surface area contributed by atoms with Crippen LogP contribution in [0.2, 0.25) is 0 Å². The van der Waals surface area contributed by atoms with Crippen LogP contribution in [0.3, 0.4) is 0 Å². The number of rotatable bonds is 5. The Morgan fingerprint density at radius 1 is 1.31 bits per heavy atom. The summed E-state index contributed by atoms with van der Waals surface area (Å²) < 4.78 is 3.02. The van der Waals surface area contributed by atoms with E-state index in [2.05, 4.69) is 20.2 Å². The fourth-order valence-corrected chi connectivity index (χ4v) is 3.33. The zero-order valence-electron chi connectivity index (χ0n) is 15.4.